The van der Waals surface area contributed by atoms with Crippen LogP contribution in [0.25, 0.3) is 10.9 Å². The van der Waals surface area contributed by atoms with Crippen molar-refractivity contribution in [1.82, 2.24) is 14.7 Å². The molecule has 2 unspecified atom stereocenters. The first-order valence-electron chi connectivity index (χ1n) is 9.73. The summed E-state index contributed by atoms with van der Waals surface area (Å²) >= 11 is 0. The summed E-state index contributed by atoms with van der Waals surface area (Å²) in [5.41, 5.74) is 0.965. The average molecular weight is 427 g/mol. The Labute approximate surface area is 178 Å². The number of aromatic nitrogens is 2. The molecule has 2 heterocycles. The van der Waals surface area contributed by atoms with Gasteiger partial charge < -0.3 is 19.1 Å². The van der Waals surface area contributed by atoms with Gasteiger partial charge in [-0.25, -0.2) is 13.9 Å². The Morgan fingerprint density at radius 1 is 1.16 bits per heavy atom. The topological polar surface area (TPSA) is 82.9 Å². The lowest BCUT2D eigenvalue weighted by atomic mass is 10.1. The van der Waals surface area contributed by atoms with Crippen molar-refractivity contribution in [2.45, 2.75) is 18.6 Å². The highest BCUT2D eigenvalue weighted by Gasteiger charge is 2.42. The lowest BCUT2D eigenvalue weighted by molar-refractivity contribution is -0.145. The maximum atomic E-state index is 14.0. The smallest absolute Gasteiger partial charge is 0.328 e. The third-order valence-corrected chi connectivity index (χ3v) is 5.35. The molecule has 1 amide bonds. The quantitative estimate of drug-likeness (QED) is 0.582. The molecule has 9 heteroatoms. The molecule has 0 aliphatic carbocycles. The van der Waals surface area contributed by atoms with Gasteiger partial charge in [-0.15, -0.1) is 0 Å². The number of para-hydroxylation sites is 1. The molecule has 1 aliphatic heterocycles. The van der Waals surface area contributed by atoms with Crippen LogP contribution in [0.5, 0.6) is 11.6 Å². The van der Waals surface area contributed by atoms with E-state index in [1.54, 1.807) is 49.2 Å². The number of methoxy groups -OCH3 is 2. The first-order chi connectivity index (χ1) is 14.9. The number of hydrogen-bond donors (Lipinski definition) is 0. The van der Waals surface area contributed by atoms with Crippen molar-refractivity contribution < 1.29 is 28.2 Å². The number of fused-ring (bicyclic) bond motifs is 1. The molecule has 0 N–H and O–H groups in total. The predicted molar refractivity (Wildman–Crippen MR) is 110 cm³/mol. The molecule has 3 aromatic rings. The van der Waals surface area contributed by atoms with Gasteiger partial charge in [-0.1, -0.05) is 12.1 Å². The molecule has 1 aliphatic rings. The molecule has 4 rings (SSSR count). The fourth-order valence-corrected chi connectivity index (χ4v) is 3.90. The van der Waals surface area contributed by atoms with E-state index < -0.39 is 23.9 Å². The molecule has 0 saturated carbocycles. The Morgan fingerprint density at radius 2 is 1.94 bits per heavy atom. The standard InChI is InChI=1S/C22H22FN3O5/c1-25-21(29-2)15-9-8-13(10-17(15)24-25)20(27)26-12-14(11-18(26)22(28)30-3)31-19-7-5-4-6-16(19)23/h4-10,14,18H,11-12H2,1-3H3. The summed E-state index contributed by atoms with van der Waals surface area (Å²) in [5.74, 6) is -0.750. The molecule has 0 spiro atoms. The third-order valence-electron chi connectivity index (χ3n) is 5.35. The summed E-state index contributed by atoms with van der Waals surface area (Å²) in [5, 5.41) is 5.14. The molecule has 1 saturated heterocycles. The van der Waals surface area contributed by atoms with E-state index in [-0.39, 0.29) is 24.6 Å². The molecular formula is C22H22FN3O5. The first-order valence-corrected chi connectivity index (χ1v) is 9.73. The Balaban J connectivity index is 1.61. The molecule has 0 bridgehead atoms. The monoisotopic (exact) mass is 427 g/mol. The van der Waals surface area contributed by atoms with Crippen molar-refractivity contribution in [1.29, 1.82) is 0 Å². The van der Waals surface area contributed by atoms with Gasteiger partial charge in [0.2, 0.25) is 5.88 Å². The van der Waals surface area contributed by atoms with Crippen LogP contribution in [0.3, 0.4) is 0 Å². The van der Waals surface area contributed by atoms with Gasteiger partial charge in [-0.3, -0.25) is 4.79 Å². The van der Waals surface area contributed by atoms with E-state index in [9.17, 15) is 14.0 Å². The number of hydrogen-bond acceptors (Lipinski definition) is 6. The Bertz CT molecular complexity index is 1150. The summed E-state index contributed by atoms with van der Waals surface area (Å²) in [6.45, 7) is 0.122. The van der Waals surface area contributed by atoms with Crippen molar-refractivity contribution in [3.8, 4) is 11.6 Å². The third kappa shape index (κ3) is 3.78. The number of aryl methyl sites for hydroxylation is 1. The maximum absolute atomic E-state index is 14.0. The largest absolute Gasteiger partial charge is 0.485 e. The van der Waals surface area contributed by atoms with Crippen LogP contribution in [-0.4, -0.2) is 59.5 Å². The fourth-order valence-electron chi connectivity index (χ4n) is 3.90. The number of likely N-dealkylation sites (tertiary alicyclic amines) is 1. The van der Waals surface area contributed by atoms with Crippen LogP contribution in [0.2, 0.25) is 0 Å². The van der Waals surface area contributed by atoms with Crippen molar-refractivity contribution >= 4 is 22.8 Å². The number of benzene rings is 2. The second kappa shape index (κ2) is 8.25. The van der Waals surface area contributed by atoms with Gasteiger partial charge in [0.05, 0.1) is 31.7 Å². The Hall–Kier alpha value is -3.62. The summed E-state index contributed by atoms with van der Waals surface area (Å²) in [7, 11) is 4.57. The van der Waals surface area contributed by atoms with Crippen molar-refractivity contribution in [3.05, 3.63) is 53.8 Å². The van der Waals surface area contributed by atoms with E-state index in [4.69, 9.17) is 14.2 Å². The molecule has 8 nitrogen and oxygen atoms in total. The average Bonchev–Trinajstić information content (AvgIpc) is 3.33. The van der Waals surface area contributed by atoms with Crippen molar-refractivity contribution in [2.75, 3.05) is 20.8 Å². The minimum absolute atomic E-state index is 0.0763. The molecule has 162 valence electrons. The number of amides is 1. The minimum atomic E-state index is -0.830. The Morgan fingerprint density at radius 3 is 2.65 bits per heavy atom. The zero-order chi connectivity index (χ0) is 22.1. The van der Waals surface area contributed by atoms with Crippen LogP contribution < -0.4 is 9.47 Å². The van der Waals surface area contributed by atoms with Gasteiger partial charge in [0.1, 0.15) is 12.1 Å². The van der Waals surface area contributed by atoms with E-state index in [2.05, 4.69) is 5.10 Å². The molecule has 0 radical (unpaired) electrons. The van der Waals surface area contributed by atoms with Crippen LogP contribution in [0.1, 0.15) is 16.8 Å². The number of esters is 1. The second-order valence-corrected chi connectivity index (χ2v) is 7.27. The SMILES string of the molecule is COC(=O)C1CC(Oc2ccccc2F)CN1C(=O)c1ccc2c(OC)n(C)nc2c1. The van der Waals surface area contributed by atoms with Crippen LogP contribution in [0.4, 0.5) is 4.39 Å². The number of nitrogens with zero attached hydrogens (tertiary/aromatic N) is 3. The van der Waals surface area contributed by atoms with Gasteiger partial charge in [0.25, 0.3) is 5.91 Å². The van der Waals surface area contributed by atoms with E-state index in [0.717, 1.165) is 5.39 Å². The second-order valence-electron chi connectivity index (χ2n) is 7.27. The normalized spacial score (nSPS) is 18.3. The minimum Gasteiger partial charge on any atom is -0.485 e. The van der Waals surface area contributed by atoms with E-state index in [1.165, 1.54) is 24.1 Å². The van der Waals surface area contributed by atoms with Gasteiger partial charge in [0.15, 0.2) is 11.6 Å². The van der Waals surface area contributed by atoms with Gasteiger partial charge >= 0.3 is 5.97 Å². The van der Waals surface area contributed by atoms with Crippen LogP contribution in [0.15, 0.2) is 42.5 Å². The lowest BCUT2D eigenvalue weighted by Crippen LogP contribution is -2.41. The summed E-state index contributed by atoms with van der Waals surface area (Å²) in [6, 6.07) is 10.3. The lowest BCUT2D eigenvalue weighted by Gasteiger charge is -2.22. The highest BCUT2D eigenvalue weighted by Crippen LogP contribution is 2.29. The van der Waals surface area contributed by atoms with Crippen LogP contribution in [-0.2, 0) is 16.6 Å². The van der Waals surface area contributed by atoms with E-state index >= 15 is 0 Å². The van der Waals surface area contributed by atoms with Gasteiger partial charge in [-0.2, -0.15) is 5.10 Å². The number of carbonyl (C=O) groups excluding carboxylic acids is 2. The molecular weight excluding hydrogens is 405 g/mol. The van der Waals surface area contributed by atoms with Crippen LogP contribution >= 0.6 is 0 Å². The van der Waals surface area contributed by atoms with Gasteiger partial charge in [0, 0.05) is 19.0 Å². The summed E-state index contributed by atoms with van der Waals surface area (Å²) in [6.07, 6.45) is -0.351. The van der Waals surface area contributed by atoms with Crippen LogP contribution in [0, 0.1) is 5.82 Å². The Kier molecular flexibility index (Phi) is 5.50. The molecule has 1 fully saturated rings. The van der Waals surface area contributed by atoms with Crippen molar-refractivity contribution in [3.63, 3.8) is 0 Å². The zero-order valence-corrected chi connectivity index (χ0v) is 17.4. The number of rotatable bonds is 5. The maximum Gasteiger partial charge on any atom is 0.328 e. The highest BCUT2D eigenvalue weighted by molar-refractivity contribution is 6.00. The van der Waals surface area contributed by atoms with E-state index in [1.807, 2.05) is 0 Å². The highest BCUT2D eigenvalue weighted by atomic mass is 19.1. The molecule has 2 atom stereocenters. The van der Waals surface area contributed by atoms with Gasteiger partial charge in [-0.05, 0) is 30.3 Å². The number of ether oxygens (including phenoxy) is 3. The fraction of sp³-hybridized carbons (Fsp3) is 0.318. The number of halogens is 1. The summed E-state index contributed by atoms with van der Waals surface area (Å²) < 4.78 is 31.5. The first kappa shape index (κ1) is 20.6. The molecule has 31 heavy (non-hydrogen) atoms. The molecule has 1 aromatic heterocycles. The predicted octanol–water partition coefficient (Wildman–Crippen LogP) is 2.56. The zero-order valence-electron chi connectivity index (χ0n) is 17.4. The molecule has 2 aromatic carbocycles. The number of carbonyl (C=O) groups is 2. The summed E-state index contributed by atoms with van der Waals surface area (Å²) in [4.78, 5) is 27.0. The van der Waals surface area contributed by atoms with E-state index in [0.29, 0.717) is 17.0 Å². The van der Waals surface area contributed by atoms with Crippen molar-refractivity contribution in [2.24, 2.45) is 7.05 Å².